The molecule has 0 aliphatic heterocycles. The Morgan fingerprint density at radius 3 is 2.46 bits per heavy atom. The molecule has 182 valence electrons. The summed E-state index contributed by atoms with van der Waals surface area (Å²) in [5.74, 6) is 1.01. The lowest BCUT2D eigenvalue weighted by molar-refractivity contribution is -0.123. The fourth-order valence-corrected chi connectivity index (χ4v) is 3.46. The van der Waals surface area contributed by atoms with Crippen molar-refractivity contribution in [3.8, 4) is 17.2 Å². The van der Waals surface area contributed by atoms with Crippen LogP contribution in [0, 0.1) is 6.92 Å². The van der Waals surface area contributed by atoms with E-state index in [0.717, 1.165) is 15.6 Å². The molecule has 3 rings (SSSR count). The molecule has 1 amide bonds. The standard InChI is InChI=1S/C27H27BrN2O5/c1-17(2)20-6-5-18(3)25(14-20)34-16-26(31)30-29-15-21-13-22(28)9-12-24(21)35-27(32)19-7-10-23(33-4)11-8-19/h5-15,17H,16H2,1-4H3,(H,30,31). The minimum atomic E-state index is -0.527. The van der Waals surface area contributed by atoms with Gasteiger partial charge in [0.25, 0.3) is 5.91 Å². The molecule has 0 spiro atoms. The third kappa shape index (κ3) is 7.42. The number of amides is 1. The largest absolute Gasteiger partial charge is 0.497 e. The van der Waals surface area contributed by atoms with Gasteiger partial charge in [-0.3, -0.25) is 4.79 Å². The molecule has 0 saturated carbocycles. The predicted molar refractivity (Wildman–Crippen MR) is 139 cm³/mol. The summed E-state index contributed by atoms with van der Waals surface area (Å²) < 4.78 is 17.1. The van der Waals surface area contributed by atoms with Crippen molar-refractivity contribution in [2.24, 2.45) is 5.10 Å². The number of ether oxygens (including phenoxy) is 3. The molecule has 3 aromatic rings. The highest BCUT2D eigenvalue weighted by atomic mass is 79.9. The average Bonchev–Trinajstić information content (AvgIpc) is 2.85. The fraction of sp³-hybridized carbons (Fsp3) is 0.222. The Balaban J connectivity index is 1.62. The number of carbonyl (C=O) groups excluding carboxylic acids is 2. The van der Waals surface area contributed by atoms with Crippen LogP contribution in [0.5, 0.6) is 17.2 Å². The van der Waals surface area contributed by atoms with E-state index in [4.69, 9.17) is 14.2 Å². The number of halogens is 1. The third-order valence-corrected chi connectivity index (χ3v) is 5.62. The van der Waals surface area contributed by atoms with Crippen molar-refractivity contribution in [3.63, 3.8) is 0 Å². The molecular formula is C27H27BrN2O5. The average molecular weight is 539 g/mol. The van der Waals surface area contributed by atoms with Gasteiger partial charge in [0.1, 0.15) is 17.2 Å². The Bertz CT molecular complexity index is 1220. The van der Waals surface area contributed by atoms with Crippen LogP contribution >= 0.6 is 15.9 Å². The number of esters is 1. The molecule has 8 heteroatoms. The lowest BCUT2D eigenvalue weighted by atomic mass is 10.0. The molecule has 0 bridgehead atoms. The number of methoxy groups -OCH3 is 1. The van der Waals surface area contributed by atoms with Crippen molar-refractivity contribution in [1.82, 2.24) is 5.43 Å². The number of hydrogen-bond acceptors (Lipinski definition) is 6. The minimum absolute atomic E-state index is 0.183. The molecule has 7 nitrogen and oxygen atoms in total. The van der Waals surface area contributed by atoms with E-state index in [1.54, 1.807) is 49.6 Å². The van der Waals surface area contributed by atoms with Crippen LogP contribution in [0.25, 0.3) is 0 Å². The summed E-state index contributed by atoms with van der Waals surface area (Å²) in [4.78, 5) is 24.8. The Hall–Kier alpha value is -3.65. The van der Waals surface area contributed by atoms with Crippen LogP contribution in [0.1, 0.15) is 46.8 Å². The molecule has 0 unspecified atom stereocenters. The van der Waals surface area contributed by atoms with Gasteiger partial charge in [-0.2, -0.15) is 5.10 Å². The third-order valence-electron chi connectivity index (χ3n) is 5.13. The zero-order chi connectivity index (χ0) is 25.4. The molecule has 35 heavy (non-hydrogen) atoms. The summed E-state index contributed by atoms with van der Waals surface area (Å²) in [5.41, 5.74) is 5.40. The van der Waals surface area contributed by atoms with Gasteiger partial charge < -0.3 is 14.2 Å². The van der Waals surface area contributed by atoms with E-state index in [1.807, 2.05) is 25.1 Å². The van der Waals surface area contributed by atoms with Crippen LogP contribution in [0.4, 0.5) is 0 Å². The molecule has 0 aliphatic carbocycles. The first-order valence-electron chi connectivity index (χ1n) is 11.0. The van der Waals surface area contributed by atoms with E-state index >= 15 is 0 Å². The van der Waals surface area contributed by atoms with E-state index in [0.29, 0.717) is 34.3 Å². The Labute approximate surface area is 213 Å². The topological polar surface area (TPSA) is 86.2 Å². The van der Waals surface area contributed by atoms with Gasteiger partial charge >= 0.3 is 5.97 Å². The van der Waals surface area contributed by atoms with Gasteiger partial charge in [0.15, 0.2) is 6.61 Å². The van der Waals surface area contributed by atoms with Gasteiger partial charge in [0.2, 0.25) is 0 Å². The van der Waals surface area contributed by atoms with Crippen LogP contribution in [-0.4, -0.2) is 31.8 Å². The molecule has 0 aromatic heterocycles. The molecule has 3 aromatic carbocycles. The summed E-state index contributed by atoms with van der Waals surface area (Å²) in [6.07, 6.45) is 1.41. The number of hydrogen-bond donors (Lipinski definition) is 1. The first-order chi connectivity index (χ1) is 16.8. The molecule has 0 atom stereocenters. The number of carbonyl (C=O) groups is 2. The van der Waals surface area contributed by atoms with Gasteiger partial charge in [-0.25, -0.2) is 10.2 Å². The van der Waals surface area contributed by atoms with Crippen LogP contribution in [0.15, 0.2) is 70.2 Å². The van der Waals surface area contributed by atoms with E-state index in [-0.39, 0.29) is 6.61 Å². The number of rotatable bonds is 9. The van der Waals surface area contributed by atoms with Gasteiger partial charge in [-0.15, -0.1) is 0 Å². The maximum atomic E-state index is 12.5. The first kappa shape index (κ1) is 26.0. The summed E-state index contributed by atoms with van der Waals surface area (Å²) >= 11 is 3.39. The quantitative estimate of drug-likeness (QED) is 0.165. The van der Waals surface area contributed by atoms with Crippen LogP contribution < -0.4 is 19.6 Å². The Morgan fingerprint density at radius 2 is 1.77 bits per heavy atom. The highest BCUT2D eigenvalue weighted by molar-refractivity contribution is 9.10. The predicted octanol–water partition coefficient (Wildman–Crippen LogP) is 5.64. The first-order valence-corrected chi connectivity index (χ1v) is 11.8. The molecule has 1 N–H and O–H groups in total. The normalized spacial score (nSPS) is 10.9. The molecule has 0 radical (unpaired) electrons. The van der Waals surface area contributed by atoms with Gasteiger partial charge in [0.05, 0.1) is 18.9 Å². The zero-order valence-electron chi connectivity index (χ0n) is 20.0. The lowest BCUT2D eigenvalue weighted by Gasteiger charge is -2.12. The van der Waals surface area contributed by atoms with Crippen molar-refractivity contribution in [2.75, 3.05) is 13.7 Å². The zero-order valence-corrected chi connectivity index (χ0v) is 21.6. The SMILES string of the molecule is COc1ccc(C(=O)Oc2ccc(Br)cc2C=NNC(=O)COc2cc(C(C)C)ccc2C)cc1. The summed E-state index contributed by atoms with van der Waals surface area (Å²) in [6.45, 7) is 5.94. The van der Waals surface area contributed by atoms with Crippen molar-refractivity contribution in [3.05, 3.63) is 87.4 Å². The number of nitrogens with zero attached hydrogens (tertiary/aromatic N) is 1. The fourth-order valence-electron chi connectivity index (χ4n) is 3.08. The number of nitrogens with one attached hydrogen (secondary N) is 1. The van der Waals surface area contributed by atoms with Crippen molar-refractivity contribution < 1.29 is 23.8 Å². The number of hydrazone groups is 1. The summed E-state index contributed by atoms with van der Waals surface area (Å²) in [6, 6.07) is 17.7. The Kier molecular flexibility index (Phi) is 9.03. The van der Waals surface area contributed by atoms with Crippen LogP contribution in [0.3, 0.4) is 0 Å². The monoisotopic (exact) mass is 538 g/mol. The Morgan fingerprint density at radius 1 is 1.03 bits per heavy atom. The summed E-state index contributed by atoms with van der Waals surface area (Å²) in [7, 11) is 1.55. The highest BCUT2D eigenvalue weighted by Crippen LogP contribution is 2.25. The van der Waals surface area contributed by atoms with Crippen LogP contribution in [0.2, 0.25) is 0 Å². The highest BCUT2D eigenvalue weighted by Gasteiger charge is 2.12. The second-order valence-corrected chi connectivity index (χ2v) is 8.98. The number of benzene rings is 3. The smallest absolute Gasteiger partial charge is 0.343 e. The molecule has 0 heterocycles. The van der Waals surface area contributed by atoms with E-state index in [1.165, 1.54) is 6.21 Å². The number of aryl methyl sites for hydroxylation is 1. The second-order valence-electron chi connectivity index (χ2n) is 8.06. The second kappa shape index (κ2) is 12.2. The molecule has 0 aliphatic rings. The van der Waals surface area contributed by atoms with Gasteiger partial charge in [-0.05, 0) is 72.5 Å². The molecule has 0 fully saturated rings. The van der Waals surface area contributed by atoms with Crippen molar-refractivity contribution in [2.45, 2.75) is 26.7 Å². The summed E-state index contributed by atoms with van der Waals surface area (Å²) in [5, 5.41) is 3.99. The van der Waals surface area contributed by atoms with Crippen molar-refractivity contribution in [1.29, 1.82) is 0 Å². The minimum Gasteiger partial charge on any atom is -0.497 e. The maximum Gasteiger partial charge on any atom is 0.343 e. The van der Waals surface area contributed by atoms with Crippen molar-refractivity contribution >= 4 is 34.0 Å². The maximum absolute atomic E-state index is 12.5. The molecular weight excluding hydrogens is 512 g/mol. The van der Waals surface area contributed by atoms with Gasteiger partial charge in [-0.1, -0.05) is 41.9 Å². The van der Waals surface area contributed by atoms with E-state index in [2.05, 4.69) is 40.3 Å². The molecule has 0 saturated heterocycles. The van der Waals surface area contributed by atoms with Crippen LogP contribution in [-0.2, 0) is 4.79 Å². The van der Waals surface area contributed by atoms with E-state index < -0.39 is 11.9 Å². The lowest BCUT2D eigenvalue weighted by Crippen LogP contribution is -2.24. The van der Waals surface area contributed by atoms with Gasteiger partial charge in [0, 0.05) is 10.0 Å². The van der Waals surface area contributed by atoms with E-state index in [9.17, 15) is 9.59 Å².